The number of hydrogen-bond donors (Lipinski definition) is 0. The predicted octanol–water partition coefficient (Wildman–Crippen LogP) is 15.4. The highest BCUT2D eigenvalue weighted by Crippen LogP contribution is 2.51. The van der Waals surface area contributed by atoms with Gasteiger partial charge in [0.1, 0.15) is 0 Å². The lowest BCUT2D eigenvalue weighted by molar-refractivity contribution is 0.661. The topological polar surface area (TPSA) is 9.86 Å². The molecule has 0 N–H and O–H groups in total. The average Bonchev–Trinajstić information content (AvgIpc) is 4.13. The van der Waals surface area contributed by atoms with Crippen molar-refractivity contribution in [3.8, 4) is 33.6 Å². The van der Waals surface area contributed by atoms with Gasteiger partial charge < -0.3 is 9.13 Å². The lowest BCUT2D eigenvalue weighted by Crippen LogP contribution is -2.17. The van der Waals surface area contributed by atoms with Crippen molar-refractivity contribution in [3.63, 3.8) is 0 Å². The number of fused-ring (bicyclic) bond motifs is 10. The van der Waals surface area contributed by atoms with Crippen LogP contribution in [0.4, 0.5) is 0 Å². The predicted molar refractivity (Wildman–Crippen MR) is 267 cm³/mol. The molecule has 0 amide bonds. The zero-order valence-electron chi connectivity index (χ0n) is 35.6. The molecule has 0 fully saturated rings. The van der Waals surface area contributed by atoms with E-state index in [-0.39, 0.29) is 0 Å². The zero-order chi connectivity index (χ0) is 41.6. The minimum atomic E-state index is 0.332. The Morgan fingerprint density at radius 2 is 1.19 bits per heavy atom. The Morgan fingerprint density at radius 3 is 2.06 bits per heavy atom. The summed E-state index contributed by atoms with van der Waals surface area (Å²) in [4.78, 5) is 0. The second-order valence-corrected chi connectivity index (χ2v) is 18.9. The number of aromatic nitrogens is 2. The van der Waals surface area contributed by atoms with Crippen LogP contribution in [0.1, 0.15) is 46.6 Å². The van der Waals surface area contributed by atoms with Gasteiger partial charge in [-0.15, -0.1) is 0 Å². The Morgan fingerprint density at radius 1 is 0.438 bits per heavy atom. The summed E-state index contributed by atoms with van der Waals surface area (Å²) in [6, 6.07) is 58.2. The summed E-state index contributed by atoms with van der Waals surface area (Å²) >= 11 is 0. The highest BCUT2D eigenvalue weighted by Gasteiger charge is 2.34. The molecular formula is C62H44N2. The summed E-state index contributed by atoms with van der Waals surface area (Å²) in [7, 11) is 0. The first-order chi connectivity index (χ1) is 31.7. The first kappa shape index (κ1) is 35.1. The molecule has 64 heavy (non-hydrogen) atoms. The van der Waals surface area contributed by atoms with Crippen LogP contribution in [0, 0.1) is 5.92 Å². The number of nitrogens with zero attached hydrogens (tertiary/aromatic N) is 2. The summed E-state index contributed by atoms with van der Waals surface area (Å²) in [5.74, 6) is 0.745. The van der Waals surface area contributed by atoms with Crippen molar-refractivity contribution < 1.29 is 0 Å². The van der Waals surface area contributed by atoms with E-state index in [1.807, 2.05) is 0 Å². The molecule has 8 aromatic carbocycles. The van der Waals surface area contributed by atoms with Gasteiger partial charge in [-0.1, -0.05) is 121 Å². The van der Waals surface area contributed by atoms with Gasteiger partial charge in [-0.05, 0) is 177 Å². The fourth-order valence-corrected chi connectivity index (χ4v) is 13.0. The molecule has 302 valence electrons. The first-order valence-electron chi connectivity index (χ1n) is 23.4. The Bertz CT molecular complexity index is 3820. The number of rotatable bonds is 4. The molecule has 5 aliphatic carbocycles. The molecule has 0 radical (unpaired) electrons. The standard InChI is InChI=1S/C62H44N2/c1-3-11-44(12-4-1)63-57-31-24-42(47-27-22-40-20-18-38-10-8-16-50(47)61(38)40)34-55(57)56-35-43-23-28-51-48(53(43)36-59(56)63)29-30-52-54-33-41(25-32-58(54)64(62(51)52)45-13-5-2-6-14-45)46-26-21-39-19-17-37-9-7-15-49(46)60(37)39/h1-16,21-22,24-27,29-36,47,50H,17-20,23,28H2. The van der Waals surface area contributed by atoms with Gasteiger partial charge in [0.05, 0.1) is 22.1 Å². The average molecular weight is 817 g/mol. The van der Waals surface area contributed by atoms with E-state index in [1.54, 1.807) is 16.7 Å². The van der Waals surface area contributed by atoms with Gasteiger partial charge in [0.2, 0.25) is 0 Å². The number of benzene rings is 8. The monoisotopic (exact) mass is 816 g/mol. The third kappa shape index (κ3) is 4.81. The smallest absolute Gasteiger partial charge is 0.0579 e. The second-order valence-electron chi connectivity index (χ2n) is 18.9. The van der Waals surface area contributed by atoms with Crippen molar-refractivity contribution in [2.45, 2.75) is 44.4 Å². The molecule has 15 rings (SSSR count). The molecule has 2 aromatic heterocycles. The highest BCUT2D eigenvalue weighted by atomic mass is 15.0. The van der Waals surface area contributed by atoms with Crippen LogP contribution >= 0.6 is 0 Å². The highest BCUT2D eigenvalue weighted by molar-refractivity contribution is 6.15. The second kappa shape index (κ2) is 13.1. The molecule has 0 spiro atoms. The van der Waals surface area contributed by atoms with E-state index < -0.39 is 0 Å². The first-order valence-corrected chi connectivity index (χ1v) is 23.4. The summed E-state index contributed by atoms with van der Waals surface area (Å²) in [6.07, 6.45) is 18.7. The lowest BCUT2D eigenvalue weighted by Gasteiger charge is -2.30. The number of allylic oxidation sites excluding steroid dienone is 8. The van der Waals surface area contributed by atoms with Gasteiger partial charge in [-0.3, -0.25) is 0 Å². The fourth-order valence-electron chi connectivity index (χ4n) is 13.0. The molecule has 2 unspecified atom stereocenters. The maximum Gasteiger partial charge on any atom is 0.0579 e. The van der Waals surface area contributed by atoms with E-state index in [0.29, 0.717) is 11.8 Å². The van der Waals surface area contributed by atoms with Crippen molar-refractivity contribution in [2.24, 2.45) is 5.92 Å². The fraction of sp³-hybridized carbons (Fsp3) is 0.129. The molecule has 0 saturated carbocycles. The van der Waals surface area contributed by atoms with E-state index in [0.717, 1.165) is 25.7 Å². The normalized spacial score (nSPS) is 18.2. The Kier molecular flexibility index (Phi) is 7.16. The van der Waals surface area contributed by atoms with Crippen molar-refractivity contribution in [2.75, 3.05) is 0 Å². The van der Waals surface area contributed by atoms with Gasteiger partial charge in [-0.2, -0.15) is 0 Å². The third-order valence-electron chi connectivity index (χ3n) is 15.8. The quantitative estimate of drug-likeness (QED) is 0.167. The largest absolute Gasteiger partial charge is 0.309 e. The van der Waals surface area contributed by atoms with E-state index >= 15 is 0 Å². The third-order valence-corrected chi connectivity index (χ3v) is 15.8. The minimum Gasteiger partial charge on any atom is -0.309 e. The Balaban J connectivity index is 0.934. The summed E-state index contributed by atoms with van der Waals surface area (Å²) in [6.45, 7) is 0. The summed E-state index contributed by atoms with van der Waals surface area (Å²) in [5, 5.41) is 8.18. The maximum absolute atomic E-state index is 2.55. The number of aryl methyl sites for hydroxylation is 4. The van der Waals surface area contributed by atoms with Crippen LogP contribution in [0.15, 0.2) is 199 Å². The van der Waals surface area contributed by atoms with Crippen molar-refractivity contribution in [1.29, 1.82) is 0 Å². The van der Waals surface area contributed by atoms with Crippen LogP contribution in [-0.2, 0) is 25.7 Å². The molecule has 0 saturated heterocycles. The molecule has 5 aliphatic rings. The van der Waals surface area contributed by atoms with Crippen LogP contribution in [0.25, 0.3) is 88.0 Å². The van der Waals surface area contributed by atoms with E-state index in [2.05, 4.69) is 191 Å². The Hall–Kier alpha value is -7.42. The van der Waals surface area contributed by atoms with Crippen LogP contribution in [0.5, 0.6) is 0 Å². The molecule has 2 atom stereocenters. The molecule has 0 aliphatic heterocycles. The minimum absolute atomic E-state index is 0.332. The van der Waals surface area contributed by atoms with Crippen molar-refractivity contribution >= 4 is 54.4 Å². The van der Waals surface area contributed by atoms with Gasteiger partial charge >= 0.3 is 0 Å². The van der Waals surface area contributed by atoms with Gasteiger partial charge in [-0.25, -0.2) is 0 Å². The van der Waals surface area contributed by atoms with Crippen LogP contribution in [-0.4, -0.2) is 9.13 Å². The van der Waals surface area contributed by atoms with Crippen molar-refractivity contribution in [1.82, 2.24) is 9.13 Å². The molecule has 0 bridgehead atoms. The van der Waals surface area contributed by atoms with Crippen LogP contribution in [0.2, 0.25) is 0 Å². The van der Waals surface area contributed by atoms with Gasteiger partial charge in [0, 0.05) is 44.8 Å². The van der Waals surface area contributed by atoms with Crippen LogP contribution < -0.4 is 0 Å². The van der Waals surface area contributed by atoms with Crippen molar-refractivity contribution in [3.05, 3.63) is 227 Å². The summed E-state index contributed by atoms with van der Waals surface area (Å²) < 4.78 is 5.07. The summed E-state index contributed by atoms with van der Waals surface area (Å²) in [5.41, 5.74) is 24.8. The molecule has 2 heterocycles. The molecule has 2 nitrogen and oxygen atoms in total. The van der Waals surface area contributed by atoms with Gasteiger partial charge in [0.25, 0.3) is 0 Å². The van der Waals surface area contributed by atoms with Gasteiger partial charge in [0.15, 0.2) is 0 Å². The number of hydrogen-bond acceptors (Lipinski definition) is 0. The Labute approximate surface area is 372 Å². The zero-order valence-corrected chi connectivity index (χ0v) is 35.6. The number of para-hydroxylation sites is 2. The molecule has 10 aromatic rings. The molecule has 2 heteroatoms. The molecular weight excluding hydrogens is 773 g/mol. The van der Waals surface area contributed by atoms with Crippen LogP contribution in [0.3, 0.4) is 0 Å². The maximum atomic E-state index is 2.55. The lowest BCUT2D eigenvalue weighted by atomic mass is 9.73. The SMILES string of the molecule is C1=CC2C3=C(C=CC2c2ccc4c(c2)c2cc5c(cc2n4-c2ccccc2)-c2ccc4c6cc(-c7ccc8c9c(cccc79)CC8)ccc6n(-c6ccccc6)c4c2CC5)CCC3=C1. The van der Waals surface area contributed by atoms with E-state index in [9.17, 15) is 0 Å². The van der Waals surface area contributed by atoms with E-state index in [4.69, 9.17) is 0 Å². The van der Waals surface area contributed by atoms with E-state index in [1.165, 1.54) is 129 Å².